The predicted molar refractivity (Wildman–Crippen MR) is 115 cm³/mol. The van der Waals surface area contributed by atoms with Crippen LogP contribution in [0.5, 0.6) is 0 Å². The maximum absolute atomic E-state index is 12.8. The van der Waals surface area contributed by atoms with Crippen molar-refractivity contribution in [2.75, 3.05) is 37.6 Å². The van der Waals surface area contributed by atoms with Crippen LogP contribution in [0.25, 0.3) is 0 Å². The van der Waals surface area contributed by atoms with Gasteiger partial charge < -0.3 is 14.7 Å². The van der Waals surface area contributed by atoms with Gasteiger partial charge in [-0.25, -0.2) is 4.98 Å². The smallest absolute Gasteiger partial charge is 0.311 e. The Morgan fingerprint density at radius 2 is 2.07 bits per heavy atom. The average Bonchev–Trinajstić information content (AvgIpc) is 3.07. The zero-order valence-corrected chi connectivity index (χ0v) is 18.0. The van der Waals surface area contributed by atoms with Crippen LogP contribution < -0.4 is 4.90 Å². The third-order valence-electron chi connectivity index (χ3n) is 8.37. The first-order valence-corrected chi connectivity index (χ1v) is 11.4. The summed E-state index contributed by atoms with van der Waals surface area (Å²) in [6, 6.07) is 6.00. The van der Waals surface area contributed by atoms with Gasteiger partial charge in [0.25, 0.3) is 0 Å². The van der Waals surface area contributed by atoms with E-state index < -0.39 is 6.10 Å². The lowest BCUT2D eigenvalue weighted by molar-refractivity contribution is -0.145. The van der Waals surface area contributed by atoms with Crippen molar-refractivity contribution in [3.63, 3.8) is 0 Å². The van der Waals surface area contributed by atoms with E-state index in [-0.39, 0.29) is 29.3 Å². The van der Waals surface area contributed by atoms with Gasteiger partial charge >= 0.3 is 5.97 Å². The van der Waals surface area contributed by atoms with E-state index in [1.54, 1.807) is 0 Å². The molecule has 0 amide bonds. The predicted octanol–water partition coefficient (Wildman–Crippen LogP) is 2.49. The number of carbonyl (C=O) groups excluding carboxylic acids is 1. The van der Waals surface area contributed by atoms with Crippen molar-refractivity contribution in [1.82, 2.24) is 9.88 Å². The Kier molecular flexibility index (Phi) is 5.10. The SMILES string of the molecule is C[C@H]1CCC=C2C[C@H]3OC(=O)C(CN4CCN(c5ccccn5)CC4)[C@H]3[C@H](O)[C@@]21C. The van der Waals surface area contributed by atoms with Crippen molar-refractivity contribution in [3.8, 4) is 0 Å². The number of nitrogens with zero attached hydrogens (tertiary/aromatic N) is 3. The van der Waals surface area contributed by atoms with Gasteiger partial charge in [0.05, 0.1) is 12.0 Å². The number of aromatic nitrogens is 1. The minimum Gasteiger partial charge on any atom is -0.461 e. The molecular weight excluding hydrogens is 378 g/mol. The maximum Gasteiger partial charge on any atom is 0.311 e. The third-order valence-corrected chi connectivity index (χ3v) is 8.37. The van der Waals surface area contributed by atoms with E-state index in [9.17, 15) is 9.90 Å². The van der Waals surface area contributed by atoms with E-state index in [1.165, 1.54) is 5.57 Å². The summed E-state index contributed by atoms with van der Waals surface area (Å²) < 4.78 is 5.82. The second kappa shape index (κ2) is 7.65. The molecule has 6 heteroatoms. The molecule has 5 rings (SSSR count). The zero-order chi connectivity index (χ0) is 20.9. The van der Waals surface area contributed by atoms with Crippen LogP contribution in [0.2, 0.25) is 0 Å². The van der Waals surface area contributed by atoms with Crippen LogP contribution in [0.1, 0.15) is 33.1 Å². The lowest BCUT2D eigenvalue weighted by atomic mass is 9.55. The highest BCUT2D eigenvalue weighted by Crippen LogP contribution is 2.56. The van der Waals surface area contributed by atoms with Crippen molar-refractivity contribution in [3.05, 3.63) is 36.0 Å². The van der Waals surface area contributed by atoms with E-state index in [1.807, 2.05) is 24.4 Å². The lowest BCUT2D eigenvalue weighted by Crippen LogP contribution is -2.55. The first-order chi connectivity index (χ1) is 14.5. The summed E-state index contributed by atoms with van der Waals surface area (Å²) in [7, 11) is 0. The molecule has 0 bridgehead atoms. The van der Waals surface area contributed by atoms with E-state index in [0.29, 0.717) is 12.5 Å². The molecule has 6 atom stereocenters. The Bertz CT molecular complexity index is 820. The molecule has 1 saturated carbocycles. The fourth-order valence-corrected chi connectivity index (χ4v) is 6.25. The number of rotatable bonds is 3. The number of pyridine rings is 1. The van der Waals surface area contributed by atoms with Gasteiger partial charge in [-0.05, 0) is 30.9 Å². The Labute approximate surface area is 178 Å². The van der Waals surface area contributed by atoms with Gasteiger partial charge in [0.1, 0.15) is 11.9 Å². The van der Waals surface area contributed by atoms with Crippen LogP contribution in [0.15, 0.2) is 36.0 Å². The number of piperazine rings is 1. The van der Waals surface area contributed by atoms with Crippen LogP contribution >= 0.6 is 0 Å². The standard InChI is InChI=1S/C24H33N3O3/c1-16-6-5-7-17-14-19-21(22(28)24(16,17)2)18(23(29)30-19)15-26-10-12-27(13-11-26)20-8-3-4-9-25-20/h3-4,7-9,16,18-19,21-22,28H,5-6,10-15H2,1-2H3/t16-,18?,19+,21+,22-,24+/m0/s1. The molecule has 0 aromatic carbocycles. The molecule has 3 fully saturated rings. The van der Waals surface area contributed by atoms with Gasteiger partial charge in [0, 0.05) is 56.7 Å². The normalized spacial score (nSPS) is 39.2. The third kappa shape index (κ3) is 3.16. The second-order valence-corrected chi connectivity index (χ2v) is 9.77. The van der Waals surface area contributed by atoms with Gasteiger partial charge in [-0.15, -0.1) is 0 Å². The van der Waals surface area contributed by atoms with E-state index >= 15 is 0 Å². The molecule has 0 spiro atoms. The molecule has 2 aliphatic heterocycles. The van der Waals surface area contributed by atoms with Gasteiger partial charge in [0.2, 0.25) is 0 Å². The van der Waals surface area contributed by atoms with Crippen LogP contribution in [0.3, 0.4) is 0 Å². The minimum absolute atomic E-state index is 0.103. The number of aliphatic hydroxyl groups is 1. The van der Waals surface area contributed by atoms with Crippen LogP contribution in [0.4, 0.5) is 5.82 Å². The Morgan fingerprint density at radius 1 is 1.27 bits per heavy atom. The number of hydrogen-bond acceptors (Lipinski definition) is 6. The number of ether oxygens (including phenoxy) is 1. The van der Waals surface area contributed by atoms with Crippen LogP contribution in [0, 0.1) is 23.2 Å². The highest BCUT2D eigenvalue weighted by molar-refractivity contribution is 5.76. The van der Waals surface area contributed by atoms with E-state index in [0.717, 1.165) is 51.3 Å². The number of esters is 1. The molecule has 6 nitrogen and oxygen atoms in total. The largest absolute Gasteiger partial charge is 0.461 e. The fraction of sp³-hybridized carbons (Fsp3) is 0.667. The molecule has 4 aliphatic rings. The highest BCUT2D eigenvalue weighted by Gasteiger charge is 2.59. The Balaban J connectivity index is 1.28. The fourth-order valence-electron chi connectivity index (χ4n) is 6.25. The number of anilines is 1. The van der Waals surface area contributed by atoms with Crippen molar-refractivity contribution in [2.45, 2.75) is 45.3 Å². The van der Waals surface area contributed by atoms with Crippen LogP contribution in [-0.4, -0.2) is 65.9 Å². The second-order valence-electron chi connectivity index (χ2n) is 9.77. The number of hydrogen-bond donors (Lipinski definition) is 1. The van der Waals surface area contributed by atoms with E-state index in [2.05, 4.69) is 34.7 Å². The topological polar surface area (TPSA) is 65.9 Å². The summed E-state index contributed by atoms with van der Waals surface area (Å²) in [5, 5.41) is 11.5. The zero-order valence-electron chi connectivity index (χ0n) is 18.0. The molecule has 1 N–H and O–H groups in total. The van der Waals surface area contributed by atoms with Gasteiger partial charge in [-0.3, -0.25) is 9.69 Å². The van der Waals surface area contributed by atoms with Gasteiger partial charge in [0.15, 0.2) is 0 Å². The minimum atomic E-state index is -0.524. The molecule has 1 aromatic heterocycles. The molecular formula is C24H33N3O3. The number of carbonyl (C=O) groups is 1. The van der Waals surface area contributed by atoms with Crippen molar-refractivity contribution < 1.29 is 14.6 Å². The summed E-state index contributed by atoms with van der Waals surface area (Å²) in [6.07, 6.45) is 6.38. The summed E-state index contributed by atoms with van der Waals surface area (Å²) >= 11 is 0. The molecule has 2 saturated heterocycles. The average molecular weight is 412 g/mol. The Morgan fingerprint density at radius 3 is 2.80 bits per heavy atom. The molecule has 1 aromatic rings. The maximum atomic E-state index is 12.8. The monoisotopic (exact) mass is 411 g/mol. The summed E-state index contributed by atoms with van der Waals surface area (Å²) in [4.78, 5) is 21.9. The summed E-state index contributed by atoms with van der Waals surface area (Å²) in [5.41, 5.74) is 1.07. The van der Waals surface area contributed by atoms with Gasteiger partial charge in [-0.1, -0.05) is 31.6 Å². The molecule has 162 valence electrons. The number of aliphatic hydroxyl groups excluding tert-OH is 1. The Hall–Kier alpha value is -1.92. The quantitative estimate of drug-likeness (QED) is 0.609. The van der Waals surface area contributed by atoms with Crippen LogP contribution in [-0.2, 0) is 9.53 Å². The van der Waals surface area contributed by atoms with Crippen molar-refractivity contribution in [1.29, 1.82) is 0 Å². The van der Waals surface area contributed by atoms with Gasteiger partial charge in [-0.2, -0.15) is 0 Å². The summed E-state index contributed by atoms with van der Waals surface area (Å²) in [6.45, 7) is 8.72. The first-order valence-electron chi connectivity index (χ1n) is 11.4. The van der Waals surface area contributed by atoms with E-state index in [4.69, 9.17) is 4.74 Å². The molecule has 3 heterocycles. The number of fused-ring (bicyclic) bond motifs is 2. The molecule has 30 heavy (non-hydrogen) atoms. The lowest BCUT2D eigenvalue weighted by Gasteiger charge is -2.52. The van der Waals surface area contributed by atoms with Crippen molar-refractivity contribution in [2.24, 2.45) is 23.2 Å². The molecule has 0 radical (unpaired) electrons. The first kappa shape index (κ1) is 20.0. The summed E-state index contributed by atoms with van der Waals surface area (Å²) in [5.74, 6) is 0.977. The van der Waals surface area contributed by atoms with Crippen molar-refractivity contribution >= 4 is 11.8 Å². The molecule has 1 unspecified atom stereocenters. The molecule has 2 aliphatic carbocycles. The number of allylic oxidation sites excluding steroid dienone is 1. The highest BCUT2D eigenvalue weighted by atomic mass is 16.6.